The van der Waals surface area contributed by atoms with Gasteiger partial charge in [-0.1, -0.05) is 26.8 Å². The minimum Gasteiger partial charge on any atom is -0.323 e. The zero-order valence-electron chi connectivity index (χ0n) is 11.9. The molecule has 3 N–H and O–H groups in total. The second kappa shape index (κ2) is 4.20. The van der Waals surface area contributed by atoms with Crippen molar-refractivity contribution in [2.45, 2.75) is 45.4 Å². The number of nitrogen functional groups attached to an aromatic ring is 1. The van der Waals surface area contributed by atoms with E-state index >= 15 is 0 Å². The van der Waals surface area contributed by atoms with Crippen molar-refractivity contribution >= 4 is 16.6 Å². The molecule has 1 aliphatic rings. The third-order valence-electron chi connectivity index (χ3n) is 4.02. The minimum atomic E-state index is 0.138. The monoisotopic (exact) mass is 255 g/mol. The van der Waals surface area contributed by atoms with Crippen molar-refractivity contribution < 1.29 is 0 Å². The molecule has 0 bridgehead atoms. The number of benzene rings is 1. The molecule has 1 aromatic heterocycles. The average Bonchev–Trinajstić information content (AvgIpc) is 2.81. The van der Waals surface area contributed by atoms with Crippen molar-refractivity contribution in [2.24, 2.45) is 5.84 Å². The molecule has 0 amide bonds. The standard InChI is InChI=1S/C16H21N3/c1-16(2,3)10-7-8-14-12(9-10)15(19-17)11-5-4-6-13(11)18-14/h7-9H,4-6,17H2,1-3H3,(H,18,19). The molecule has 0 unspecified atom stereocenters. The number of pyridine rings is 1. The number of hydrazine groups is 1. The summed E-state index contributed by atoms with van der Waals surface area (Å²) >= 11 is 0. The molecular formula is C16H21N3. The van der Waals surface area contributed by atoms with Crippen LogP contribution < -0.4 is 11.3 Å². The fraction of sp³-hybridized carbons (Fsp3) is 0.438. The summed E-state index contributed by atoms with van der Waals surface area (Å²) in [6.07, 6.45) is 3.33. The van der Waals surface area contributed by atoms with Gasteiger partial charge in [0.1, 0.15) is 0 Å². The molecule has 3 nitrogen and oxygen atoms in total. The highest BCUT2D eigenvalue weighted by Gasteiger charge is 2.21. The fourth-order valence-electron chi connectivity index (χ4n) is 2.89. The van der Waals surface area contributed by atoms with Crippen molar-refractivity contribution in [3.05, 3.63) is 35.0 Å². The number of fused-ring (bicyclic) bond motifs is 2. The second-order valence-electron chi connectivity index (χ2n) is 6.39. The number of hydrogen-bond acceptors (Lipinski definition) is 3. The molecule has 0 aliphatic heterocycles. The molecule has 2 aromatic rings. The molecule has 100 valence electrons. The van der Waals surface area contributed by atoms with Crippen LogP contribution in [0.25, 0.3) is 10.9 Å². The van der Waals surface area contributed by atoms with Gasteiger partial charge in [0.25, 0.3) is 0 Å². The summed E-state index contributed by atoms with van der Waals surface area (Å²) in [6, 6.07) is 6.53. The molecular weight excluding hydrogens is 234 g/mol. The van der Waals surface area contributed by atoms with Gasteiger partial charge in [0.15, 0.2) is 0 Å². The molecule has 0 saturated heterocycles. The lowest BCUT2D eigenvalue weighted by molar-refractivity contribution is 0.591. The smallest absolute Gasteiger partial charge is 0.0727 e. The molecule has 0 saturated carbocycles. The number of nitrogens with zero attached hydrogens (tertiary/aromatic N) is 1. The Morgan fingerprint density at radius 2 is 2.00 bits per heavy atom. The Morgan fingerprint density at radius 1 is 1.21 bits per heavy atom. The summed E-state index contributed by atoms with van der Waals surface area (Å²) in [5.41, 5.74) is 9.00. The Hall–Kier alpha value is -1.61. The zero-order chi connectivity index (χ0) is 13.6. The lowest BCUT2D eigenvalue weighted by atomic mass is 9.86. The van der Waals surface area contributed by atoms with E-state index < -0.39 is 0 Å². The number of nitrogens with one attached hydrogen (secondary N) is 1. The van der Waals surface area contributed by atoms with Crippen LogP contribution in [0.3, 0.4) is 0 Å². The van der Waals surface area contributed by atoms with Gasteiger partial charge in [0.2, 0.25) is 0 Å². The van der Waals surface area contributed by atoms with Gasteiger partial charge >= 0.3 is 0 Å². The summed E-state index contributed by atoms with van der Waals surface area (Å²) in [5.74, 6) is 5.77. The molecule has 3 rings (SSSR count). The minimum absolute atomic E-state index is 0.138. The van der Waals surface area contributed by atoms with Crippen molar-refractivity contribution in [1.82, 2.24) is 4.98 Å². The number of rotatable bonds is 1. The maximum absolute atomic E-state index is 5.77. The van der Waals surface area contributed by atoms with Crippen LogP contribution in [0, 0.1) is 0 Å². The van der Waals surface area contributed by atoms with E-state index in [-0.39, 0.29) is 5.41 Å². The van der Waals surface area contributed by atoms with E-state index in [1.54, 1.807) is 0 Å². The molecule has 19 heavy (non-hydrogen) atoms. The predicted octanol–water partition coefficient (Wildman–Crippen LogP) is 3.31. The summed E-state index contributed by atoms with van der Waals surface area (Å²) in [6.45, 7) is 6.68. The highest BCUT2D eigenvalue weighted by atomic mass is 15.2. The van der Waals surface area contributed by atoms with Crippen LogP contribution in [0.5, 0.6) is 0 Å². The number of nitrogens with two attached hydrogens (primary N) is 1. The van der Waals surface area contributed by atoms with Gasteiger partial charge in [-0.3, -0.25) is 10.8 Å². The van der Waals surface area contributed by atoms with E-state index in [2.05, 4.69) is 44.4 Å². The molecule has 1 aliphatic carbocycles. The van der Waals surface area contributed by atoms with Crippen molar-refractivity contribution in [2.75, 3.05) is 5.43 Å². The largest absolute Gasteiger partial charge is 0.323 e. The summed E-state index contributed by atoms with van der Waals surface area (Å²) in [4.78, 5) is 4.79. The first kappa shape index (κ1) is 12.4. The van der Waals surface area contributed by atoms with E-state index in [1.165, 1.54) is 23.2 Å². The van der Waals surface area contributed by atoms with Gasteiger partial charge in [-0.05, 0) is 47.9 Å². The van der Waals surface area contributed by atoms with Gasteiger partial charge in [-0.25, -0.2) is 0 Å². The predicted molar refractivity (Wildman–Crippen MR) is 80.3 cm³/mol. The number of hydrogen-bond donors (Lipinski definition) is 2. The van der Waals surface area contributed by atoms with Crippen molar-refractivity contribution in [3.8, 4) is 0 Å². The first-order chi connectivity index (χ1) is 9.00. The molecule has 3 heteroatoms. The molecule has 0 atom stereocenters. The number of aromatic nitrogens is 1. The first-order valence-electron chi connectivity index (χ1n) is 6.93. The van der Waals surface area contributed by atoms with Crippen LogP contribution in [-0.2, 0) is 18.3 Å². The van der Waals surface area contributed by atoms with E-state index in [9.17, 15) is 0 Å². The normalized spacial score (nSPS) is 14.7. The van der Waals surface area contributed by atoms with Gasteiger partial charge in [-0.15, -0.1) is 0 Å². The zero-order valence-corrected chi connectivity index (χ0v) is 11.9. The van der Waals surface area contributed by atoms with Crippen LogP contribution in [0.4, 0.5) is 5.69 Å². The third kappa shape index (κ3) is 1.98. The third-order valence-corrected chi connectivity index (χ3v) is 4.02. The van der Waals surface area contributed by atoms with Crippen LogP contribution in [-0.4, -0.2) is 4.98 Å². The van der Waals surface area contributed by atoms with Gasteiger partial charge in [0.05, 0.1) is 11.2 Å². The average molecular weight is 255 g/mol. The van der Waals surface area contributed by atoms with Crippen LogP contribution in [0.1, 0.15) is 44.0 Å². The van der Waals surface area contributed by atoms with E-state index in [4.69, 9.17) is 10.8 Å². The lowest BCUT2D eigenvalue weighted by Crippen LogP contribution is -2.13. The summed E-state index contributed by atoms with van der Waals surface area (Å²) in [7, 11) is 0. The Balaban J connectivity index is 2.30. The topological polar surface area (TPSA) is 50.9 Å². The van der Waals surface area contributed by atoms with E-state index in [1.807, 2.05) is 0 Å². The van der Waals surface area contributed by atoms with Crippen LogP contribution in [0.15, 0.2) is 18.2 Å². The SMILES string of the molecule is CC(C)(C)c1ccc2nc3c(c(NN)c2c1)CCC3. The van der Waals surface area contributed by atoms with Crippen LogP contribution >= 0.6 is 0 Å². The Bertz CT molecular complexity index is 638. The van der Waals surface area contributed by atoms with Gasteiger partial charge in [0, 0.05) is 11.1 Å². The lowest BCUT2D eigenvalue weighted by Gasteiger charge is -2.20. The maximum Gasteiger partial charge on any atom is 0.0727 e. The molecule has 0 radical (unpaired) electrons. The quantitative estimate of drug-likeness (QED) is 0.607. The number of aryl methyl sites for hydroxylation is 1. The van der Waals surface area contributed by atoms with E-state index in [0.717, 1.165) is 29.4 Å². The Morgan fingerprint density at radius 3 is 2.68 bits per heavy atom. The molecule has 1 heterocycles. The summed E-state index contributed by atoms with van der Waals surface area (Å²) < 4.78 is 0. The molecule has 1 aromatic carbocycles. The molecule has 0 spiro atoms. The maximum atomic E-state index is 5.77. The van der Waals surface area contributed by atoms with E-state index in [0.29, 0.717) is 0 Å². The Labute approximate surface area is 114 Å². The van der Waals surface area contributed by atoms with Gasteiger partial charge in [-0.2, -0.15) is 0 Å². The molecule has 0 fully saturated rings. The van der Waals surface area contributed by atoms with Crippen molar-refractivity contribution in [1.29, 1.82) is 0 Å². The van der Waals surface area contributed by atoms with Crippen LogP contribution in [0.2, 0.25) is 0 Å². The highest BCUT2D eigenvalue weighted by Crippen LogP contribution is 2.35. The summed E-state index contributed by atoms with van der Waals surface area (Å²) in [5, 5.41) is 1.15. The Kier molecular flexibility index (Phi) is 2.75. The van der Waals surface area contributed by atoms with Gasteiger partial charge < -0.3 is 5.43 Å². The highest BCUT2D eigenvalue weighted by molar-refractivity contribution is 5.94. The number of anilines is 1. The first-order valence-corrected chi connectivity index (χ1v) is 6.93. The van der Waals surface area contributed by atoms with Crippen molar-refractivity contribution in [3.63, 3.8) is 0 Å². The fourth-order valence-corrected chi connectivity index (χ4v) is 2.89. The second-order valence-corrected chi connectivity index (χ2v) is 6.39.